The number of hydrogen-bond acceptors (Lipinski definition) is 3. The average Bonchev–Trinajstić information content (AvgIpc) is 3.36. The van der Waals surface area contributed by atoms with Crippen molar-refractivity contribution in [2.24, 2.45) is 11.3 Å². The van der Waals surface area contributed by atoms with Crippen molar-refractivity contribution in [1.29, 1.82) is 0 Å². The quantitative estimate of drug-likeness (QED) is 0.521. The third-order valence-electron chi connectivity index (χ3n) is 5.84. The first kappa shape index (κ1) is 15.2. The Kier molecular flexibility index (Phi) is 3.05. The number of rotatable bonds is 3. The van der Waals surface area contributed by atoms with Crippen molar-refractivity contribution in [3.8, 4) is 0 Å². The average molecular weight is 340 g/mol. The smallest absolute Gasteiger partial charge is 0.177 e. The first-order chi connectivity index (χ1) is 12.6. The van der Waals surface area contributed by atoms with Gasteiger partial charge in [0.25, 0.3) is 0 Å². The van der Waals surface area contributed by atoms with E-state index in [9.17, 15) is 14.4 Å². The molecule has 2 aliphatic carbocycles. The van der Waals surface area contributed by atoms with E-state index in [1.54, 1.807) is 24.3 Å². The molecule has 3 heteroatoms. The molecular weight excluding hydrogens is 324 g/mol. The van der Waals surface area contributed by atoms with Gasteiger partial charge in [0.2, 0.25) is 0 Å². The van der Waals surface area contributed by atoms with E-state index in [0.717, 1.165) is 10.8 Å². The van der Waals surface area contributed by atoms with Crippen LogP contribution in [-0.4, -0.2) is 17.3 Å². The fourth-order valence-electron chi connectivity index (χ4n) is 4.30. The van der Waals surface area contributed by atoms with Crippen LogP contribution in [0.4, 0.5) is 0 Å². The Morgan fingerprint density at radius 3 is 2.15 bits per heavy atom. The summed E-state index contributed by atoms with van der Waals surface area (Å²) in [5.41, 5.74) is 0.688. The molecule has 0 heterocycles. The standard InChI is InChI=1S/C23H16O3/c24-20(16-10-9-14-5-1-2-6-15(14)11-16)12-17-13-23(17)21(25)18-7-3-4-8-19(18)22(23)26/h1-11,17H,12-13H2. The minimum absolute atomic E-state index is 0.00539. The van der Waals surface area contributed by atoms with Crippen molar-refractivity contribution in [2.45, 2.75) is 12.8 Å². The van der Waals surface area contributed by atoms with E-state index in [2.05, 4.69) is 0 Å². The van der Waals surface area contributed by atoms with Gasteiger partial charge in [0.1, 0.15) is 5.41 Å². The summed E-state index contributed by atoms with van der Waals surface area (Å²) in [4.78, 5) is 38.3. The molecule has 3 nitrogen and oxygen atoms in total. The van der Waals surface area contributed by atoms with Crippen LogP contribution in [0.25, 0.3) is 10.8 Å². The monoisotopic (exact) mass is 340 g/mol. The van der Waals surface area contributed by atoms with Gasteiger partial charge in [0.15, 0.2) is 17.3 Å². The first-order valence-electron chi connectivity index (χ1n) is 8.82. The molecule has 1 saturated carbocycles. The lowest BCUT2D eigenvalue weighted by Crippen LogP contribution is -2.20. The van der Waals surface area contributed by atoms with Gasteiger partial charge in [0, 0.05) is 23.1 Å². The molecule has 1 spiro atoms. The zero-order chi connectivity index (χ0) is 17.9. The number of carbonyl (C=O) groups excluding carboxylic acids is 3. The number of fused-ring (bicyclic) bond motifs is 2. The van der Waals surface area contributed by atoms with Crippen LogP contribution in [0.3, 0.4) is 0 Å². The SMILES string of the molecule is O=C(CC1CC12C(=O)c1ccccc1C2=O)c1ccc2ccccc2c1. The largest absolute Gasteiger partial charge is 0.294 e. The highest BCUT2D eigenvalue weighted by atomic mass is 16.2. The predicted molar refractivity (Wildman–Crippen MR) is 98.5 cm³/mol. The zero-order valence-electron chi connectivity index (χ0n) is 14.1. The van der Waals surface area contributed by atoms with Gasteiger partial charge in [0.05, 0.1) is 0 Å². The van der Waals surface area contributed by atoms with Gasteiger partial charge in [-0.15, -0.1) is 0 Å². The molecule has 1 unspecified atom stereocenters. The maximum Gasteiger partial charge on any atom is 0.177 e. The number of benzene rings is 3. The van der Waals surface area contributed by atoms with Crippen LogP contribution in [0, 0.1) is 11.3 Å². The van der Waals surface area contributed by atoms with Crippen LogP contribution >= 0.6 is 0 Å². The first-order valence-corrected chi connectivity index (χ1v) is 8.82. The van der Waals surface area contributed by atoms with Crippen LogP contribution in [0.15, 0.2) is 66.7 Å². The Bertz CT molecular complexity index is 1070. The Balaban J connectivity index is 1.41. The number of ketones is 3. The van der Waals surface area contributed by atoms with E-state index in [4.69, 9.17) is 0 Å². The lowest BCUT2D eigenvalue weighted by atomic mass is 9.93. The molecule has 0 saturated heterocycles. The van der Waals surface area contributed by atoms with E-state index < -0.39 is 5.41 Å². The summed E-state index contributed by atoms with van der Waals surface area (Å²) in [5, 5.41) is 2.10. The van der Waals surface area contributed by atoms with Crippen molar-refractivity contribution in [2.75, 3.05) is 0 Å². The maximum absolute atomic E-state index is 12.8. The Morgan fingerprint density at radius 1 is 0.846 bits per heavy atom. The topological polar surface area (TPSA) is 51.2 Å². The lowest BCUT2D eigenvalue weighted by Gasteiger charge is -2.07. The Morgan fingerprint density at radius 2 is 1.46 bits per heavy atom. The van der Waals surface area contributed by atoms with Gasteiger partial charge in [-0.25, -0.2) is 0 Å². The molecule has 1 atom stereocenters. The molecule has 26 heavy (non-hydrogen) atoms. The molecule has 1 fully saturated rings. The molecule has 0 N–H and O–H groups in total. The van der Waals surface area contributed by atoms with Crippen molar-refractivity contribution in [1.82, 2.24) is 0 Å². The molecular formula is C23H16O3. The van der Waals surface area contributed by atoms with E-state index in [1.807, 2.05) is 42.5 Å². The van der Waals surface area contributed by atoms with Gasteiger partial charge in [-0.1, -0.05) is 60.7 Å². The second kappa shape index (κ2) is 5.21. The van der Waals surface area contributed by atoms with E-state index >= 15 is 0 Å². The number of hydrogen-bond donors (Lipinski definition) is 0. The molecule has 0 aromatic heterocycles. The lowest BCUT2D eigenvalue weighted by molar-refractivity contribution is 0.0795. The van der Waals surface area contributed by atoms with Crippen molar-refractivity contribution in [3.05, 3.63) is 83.4 Å². The fourth-order valence-corrected chi connectivity index (χ4v) is 4.30. The van der Waals surface area contributed by atoms with Crippen molar-refractivity contribution >= 4 is 28.1 Å². The maximum atomic E-state index is 12.8. The third-order valence-corrected chi connectivity index (χ3v) is 5.84. The van der Waals surface area contributed by atoms with Gasteiger partial charge >= 0.3 is 0 Å². The normalized spacial score (nSPS) is 19.8. The van der Waals surface area contributed by atoms with Crippen LogP contribution in [0.5, 0.6) is 0 Å². The predicted octanol–water partition coefficient (Wildman–Crippen LogP) is 4.50. The molecule has 3 aromatic carbocycles. The minimum Gasteiger partial charge on any atom is -0.294 e. The second-order valence-electron chi connectivity index (χ2n) is 7.27. The summed E-state index contributed by atoms with van der Waals surface area (Å²) < 4.78 is 0. The third kappa shape index (κ3) is 1.97. The molecule has 0 radical (unpaired) electrons. The minimum atomic E-state index is -0.976. The highest BCUT2D eigenvalue weighted by Crippen LogP contribution is 2.61. The Labute approximate surface area is 150 Å². The van der Waals surface area contributed by atoms with Crippen molar-refractivity contribution < 1.29 is 14.4 Å². The molecule has 0 amide bonds. The van der Waals surface area contributed by atoms with Crippen LogP contribution < -0.4 is 0 Å². The summed E-state index contributed by atoms with van der Waals surface area (Å²) in [5.74, 6) is -0.396. The summed E-state index contributed by atoms with van der Waals surface area (Å²) in [6.45, 7) is 0. The highest BCUT2D eigenvalue weighted by molar-refractivity contribution is 6.31. The van der Waals surface area contributed by atoms with Crippen LogP contribution in [0.2, 0.25) is 0 Å². The van der Waals surface area contributed by atoms with Crippen LogP contribution in [0.1, 0.15) is 43.9 Å². The molecule has 0 aliphatic heterocycles. The zero-order valence-corrected chi connectivity index (χ0v) is 14.1. The van der Waals surface area contributed by atoms with E-state index in [0.29, 0.717) is 23.1 Å². The molecule has 2 aliphatic rings. The fraction of sp³-hybridized carbons (Fsp3) is 0.174. The number of Topliss-reactive ketones (excluding diaryl/α,β-unsaturated/α-hetero) is 3. The molecule has 5 rings (SSSR count). The Hall–Kier alpha value is -3.07. The van der Waals surface area contributed by atoms with E-state index in [1.165, 1.54) is 0 Å². The summed E-state index contributed by atoms with van der Waals surface area (Å²) in [7, 11) is 0. The highest BCUT2D eigenvalue weighted by Gasteiger charge is 2.68. The summed E-state index contributed by atoms with van der Waals surface area (Å²) in [6.07, 6.45) is 0.725. The van der Waals surface area contributed by atoms with E-state index in [-0.39, 0.29) is 29.7 Å². The van der Waals surface area contributed by atoms with Crippen molar-refractivity contribution in [3.63, 3.8) is 0 Å². The van der Waals surface area contributed by atoms with Gasteiger partial charge < -0.3 is 0 Å². The second-order valence-corrected chi connectivity index (χ2v) is 7.27. The van der Waals surface area contributed by atoms with Crippen LogP contribution in [-0.2, 0) is 0 Å². The molecule has 126 valence electrons. The van der Waals surface area contributed by atoms with Gasteiger partial charge in [-0.3, -0.25) is 14.4 Å². The molecule has 3 aromatic rings. The number of carbonyl (C=O) groups is 3. The summed E-state index contributed by atoms with van der Waals surface area (Å²) >= 11 is 0. The summed E-state index contributed by atoms with van der Waals surface area (Å²) in [6, 6.07) is 20.5. The van der Waals surface area contributed by atoms with Gasteiger partial charge in [-0.2, -0.15) is 0 Å². The van der Waals surface area contributed by atoms with Gasteiger partial charge in [-0.05, 0) is 29.2 Å². The molecule has 0 bridgehead atoms.